The second kappa shape index (κ2) is 8.13. The standard InChI is InChI=1S/C14H19N5O2/c1-21-8-6-15-11-14(20)17-10-12-3-5-16-13(9-12)19-7-2-4-18-19/h2-5,7,9,15H,6,8,10-11H2,1H3,(H,17,20). The van der Waals surface area contributed by atoms with E-state index in [1.807, 2.05) is 24.4 Å². The summed E-state index contributed by atoms with van der Waals surface area (Å²) < 4.78 is 6.57. The van der Waals surface area contributed by atoms with Crippen LogP contribution < -0.4 is 10.6 Å². The first-order valence-electron chi connectivity index (χ1n) is 6.71. The van der Waals surface area contributed by atoms with Gasteiger partial charge in [0, 0.05) is 38.8 Å². The molecular formula is C14H19N5O2. The van der Waals surface area contributed by atoms with Crippen LogP contribution in [0.1, 0.15) is 5.56 Å². The Morgan fingerprint density at radius 2 is 2.33 bits per heavy atom. The molecule has 2 rings (SSSR count). The van der Waals surface area contributed by atoms with Gasteiger partial charge in [0.15, 0.2) is 5.82 Å². The highest BCUT2D eigenvalue weighted by atomic mass is 16.5. The van der Waals surface area contributed by atoms with Crippen LogP contribution in [0.4, 0.5) is 0 Å². The van der Waals surface area contributed by atoms with Gasteiger partial charge in [-0.25, -0.2) is 9.67 Å². The number of aromatic nitrogens is 3. The molecule has 2 aromatic rings. The molecule has 2 N–H and O–H groups in total. The van der Waals surface area contributed by atoms with E-state index >= 15 is 0 Å². The van der Waals surface area contributed by atoms with Crippen LogP contribution in [0.5, 0.6) is 0 Å². The number of nitrogens with zero attached hydrogens (tertiary/aromatic N) is 3. The summed E-state index contributed by atoms with van der Waals surface area (Å²) in [6.07, 6.45) is 5.22. The van der Waals surface area contributed by atoms with E-state index in [2.05, 4.69) is 20.7 Å². The molecule has 112 valence electrons. The largest absolute Gasteiger partial charge is 0.383 e. The molecule has 2 heterocycles. The predicted molar refractivity (Wildman–Crippen MR) is 78.0 cm³/mol. The topological polar surface area (TPSA) is 81.1 Å². The first-order chi connectivity index (χ1) is 10.3. The number of methoxy groups -OCH3 is 1. The highest BCUT2D eigenvalue weighted by Gasteiger charge is 2.03. The van der Waals surface area contributed by atoms with Crippen molar-refractivity contribution in [1.29, 1.82) is 0 Å². The molecule has 0 aliphatic heterocycles. The summed E-state index contributed by atoms with van der Waals surface area (Å²) in [5.41, 5.74) is 0.973. The SMILES string of the molecule is COCCNCC(=O)NCc1ccnc(-n2cccn2)c1. The summed E-state index contributed by atoms with van der Waals surface area (Å²) in [6.45, 7) is 1.98. The Hall–Kier alpha value is -2.25. The third kappa shape index (κ3) is 4.97. The van der Waals surface area contributed by atoms with Gasteiger partial charge >= 0.3 is 0 Å². The molecule has 0 spiro atoms. The van der Waals surface area contributed by atoms with Crippen molar-refractivity contribution in [3.8, 4) is 5.82 Å². The number of hydrogen-bond donors (Lipinski definition) is 2. The molecule has 0 aliphatic rings. The van der Waals surface area contributed by atoms with E-state index in [4.69, 9.17) is 4.74 Å². The molecule has 7 nitrogen and oxygen atoms in total. The van der Waals surface area contributed by atoms with Crippen LogP contribution in [0.25, 0.3) is 5.82 Å². The van der Waals surface area contributed by atoms with Crippen molar-refractivity contribution < 1.29 is 9.53 Å². The van der Waals surface area contributed by atoms with Crippen LogP contribution in [-0.4, -0.2) is 47.5 Å². The summed E-state index contributed by atoms with van der Waals surface area (Å²) in [6, 6.07) is 5.60. The molecule has 7 heteroatoms. The lowest BCUT2D eigenvalue weighted by Gasteiger charge is -2.08. The van der Waals surface area contributed by atoms with Crippen LogP contribution in [0.15, 0.2) is 36.8 Å². The second-order valence-corrected chi connectivity index (χ2v) is 4.42. The summed E-state index contributed by atoms with van der Waals surface area (Å²) in [5, 5.41) is 9.97. The normalized spacial score (nSPS) is 10.5. The van der Waals surface area contributed by atoms with Gasteiger partial charge in [0.2, 0.25) is 5.91 Å². The van der Waals surface area contributed by atoms with E-state index in [9.17, 15) is 4.79 Å². The van der Waals surface area contributed by atoms with E-state index in [1.54, 1.807) is 24.2 Å². The van der Waals surface area contributed by atoms with Crippen LogP contribution in [-0.2, 0) is 16.1 Å². The zero-order valence-corrected chi connectivity index (χ0v) is 12.0. The molecule has 1 amide bonds. The van der Waals surface area contributed by atoms with Crippen molar-refractivity contribution in [3.63, 3.8) is 0 Å². The molecule has 2 aromatic heterocycles. The maximum atomic E-state index is 11.6. The van der Waals surface area contributed by atoms with Gasteiger partial charge in [0.25, 0.3) is 0 Å². The number of ether oxygens (including phenoxy) is 1. The lowest BCUT2D eigenvalue weighted by Crippen LogP contribution is -2.34. The van der Waals surface area contributed by atoms with E-state index < -0.39 is 0 Å². The van der Waals surface area contributed by atoms with Crippen molar-refractivity contribution in [3.05, 3.63) is 42.4 Å². The van der Waals surface area contributed by atoms with Gasteiger partial charge in [-0.15, -0.1) is 0 Å². The zero-order chi connectivity index (χ0) is 14.9. The van der Waals surface area contributed by atoms with Crippen LogP contribution >= 0.6 is 0 Å². The Kier molecular flexibility index (Phi) is 5.86. The average molecular weight is 289 g/mol. The van der Waals surface area contributed by atoms with Crippen LogP contribution in [0.3, 0.4) is 0 Å². The lowest BCUT2D eigenvalue weighted by atomic mass is 10.2. The maximum absolute atomic E-state index is 11.6. The highest BCUT2D eigenvalue weighted by Crippen LogP contribution is 2.05. The monoisotopic (exact) mass is 289 g/mol. The first-order valence-corrected chi connectivity index (χ1v) is 6.71. The number of carbonyl (C=O) groups is 1. The van der Waals surface area contributed by atoms with E-state index in [1.165, 1.54) is 0 Å². The van der Waals surface area contributed by atoms with Crippen LogP contribution in [0, 0.1) is 0 Å². The molecule has 0 radical (unpaired) electrons. The molecule has 0 fully saturated rings. The number of nitrogens with one attached hydrogen (secondary N) is 2. The highest BCUT2D eigenvalue weighted by molar-refractivity contribution is 5.77. The summed E-state index contributed by atoms with van der Waals surface area (Å²) in [7, 11) is 1.63. The molecular weight excluding hydrogens is 270 g/mol. The second-order valence-electron chi connectivity index (χ2n) is 4.42. The molecule has 0 saturated heterocycles. The summed E-state index contributed by atoms with van der Waals surface area (Å²) in [4.78, 5) is 15.9. The molecule has 0 unspecified atom stereocenters. The van der Waals surface area contributed by atoms with Crippen LogP contribution in [0.2, 0.25) is 0 Å². The van der Waals surface area contributed by atoms with Crippen molar-refractivity contribution in [2.45, 2.75) is 6.54 Å². The Bertz CT molecular complexity index is 556. The van der Waals surface area contributed by atoms with E-state index in [-0.39, 0.29) is 12.5 Å². The number of carbonyl (C=O) groups excluding carboxylic acids is 1. The number of amides is 1. The average Bonchev–Trinajstić information content (AvgIpc) is 3.04. The fraction of sp³-hybridized carbons (Fsp3) is 0.357. The number of pyridine rings is 1. The van der Waals surface area contributed by atoms with Crippen molar-refractivity contribution in [1.82, 2.24) is 25.4 Å². The third-order valence-corrected chi connectivity index (χ3v) is 2.81. The van der Waals surface area contributed by atoms with E-state index in [0.717, 1.165) is 11.4 Å². The fourth-order valence-corrected chi connectivity index (χ4v) is 1.74. The Labute approximate surface area is 123 Å². The lowest BCUT2D eigenvalue weighted by molar-refractivity contribution is -0.120. The molecule has 21 heavy (non-hydrogen) atoms. The first kappa shape index (κ1) is 15.1. The summed E-state index contributed by atoms with van der Waals surface area (Å²) in [5.74, 6) is 0.675. The third-order valence-electron chi connectivity index (χ3n) is 2.81. The fourth-order valence-electron chi connectivity index (χ4n) is 1.74. The smallest absolute Gasteiger partial charge is 0.234 e. The van der Waals surface area contributed by atoms with E-state index in [0.29, 0.717) is 19.7 Å². The van der Waals surface area contributed by atoms with Gasteiger partial charge in [0.05, 0.1) is 13.2 Å². The molecule has 0 atom stereocenters. The quantitative estimate of drug-likeness (QED) is 0.675. The van der Waals surface area contributed by atoms with Gasteiger partial charge in [0.1, 0.15) is 0 Å². The molecule has 0 saturated carbocycles. The van der Waals surface area contributed by atoms with Crippen molar-refractivity contribution >= 4 is 5.91 Å². The zero-order valence-electron chi connectivity index (χ0n) is 12.0. The Balaban J connectivity index is 1.81. The van der Waals surface area contributed by atoms with Gasteiger partial charge in [-0.05, 0) is 23.8 Å². The van der Waals surface area contributed by atoms with Gasteiger partial charge in [-0.3, -0.25) is 4.79 Å². The van der Waals surface area contributed by atoms with Gasteiger partial charge in [-0.2, -0.15) is 5.10 Å². The predicted octanol–water partition coefficient (Wildman–Crippen LogP) is 0.120. The number of hydrogen-bond acceptors (Lipinski definition) is 5. The minimum Gasteiger partial charge on any atom is -0.383 e. The van der Waals surface area contributed by atoms with Crippen molar-refractivity contribution in [2.75, 3.05) is 26.8 Å². The minimum absolute atomic E-state index is 0.0523. The van der Waals surface area contributed by atoms with Crippen molar-refractivity contribution in [2.24, 2.45) is 0 Å². The molecule has 0 aromatic carbocycles. The minimum atomic E-state index is -0.0523. The van der Waals surface area contributed by atoms with Gasteiger partial charge < -0.3 is 15.4 Å². The Morgan fingerprint density at radius 3 is 3.10 bits per heavy atom. The van der Waals surface area contributed by atoms with Gasteiger partial charge in [-0.1, -0.05) is 0 Å². The molecule has 0 bridgehead atoms. The maximum Gasteiger partial charge on any atom is 0.234 e. The molecule has 0 aliphatic carbocycles. The summed E-state index contributed by atoms with van der Waals surface area (Å²) >= 11 is 0. The number of rotatable bonds is 8. The Morgan fingerprint density at radius 1 is 1.43 bits per heavy atom.